The highest BCUT2D eigenvalue weighted by Gasteiger charge is 2.35. The molecule has 2 N–H and O–H groups in total. The third-order valence-electron chi connectivity index (χ3n) is 1.32. The Morgan fingerprint density at radius 3 is 2.82 bits per heavy atom. The molecule has 0 bridgehead atoms. The Bertz CT molecular complexity index is 264. The van der Waals surface area contributed by atoms with Gasteiger partial charge in [0.2, 0.25) is 6.34 Å². The van der Waals surface area contributed by atoms with Gasteiger partial charge in [0.15, 0.2) is 0 Å². The molecule has 0 aromatic heterocycles. The van der Waals surface area contributed by atoms with E-state index in [2.05, 4.69) is 20.6 Å². The lowest BCUT2D eigenvalue weighted by atomic mass is 10.4. The predicted molar refractivity (Wildman–Crippen MR) is 34.0 cm³/mol. The molecular formula is C4H5N5O2. The van der Waals surface area contributed by atoms with Crippen LogP contribution in [0, 0.1) is 0 Å². The minimum Gasteiger partial charge on any atom is -0.543 e. The highest BCUT2D eigenvalue weighted by molar-refractivity contribution is 5.88. The SMILES string of the molecule is OC1(O)C[N-]/[N+]1=C1\N=CN=N1. The van der Waals surface area contributed by atoms with Crippen molar-refractivity contribution in [3.8, 4) is 0 Å². The van der Waals surface area contributed by atoms with Gasteiger partial charge in [-0.25, -0.2) is 0 Å². The van der Waals surface area contributed by atoms with Crippen molar-refractivity contribution < 1.29 is 14.9 Å². The summed E-state index contributed by atoms with van der Waals surface area (Å²) in [5, 5.41) is 24.9. The Kier molecular flexibility index (Phi) is 1.06. The second kappa shape index (κ2) is 1.83. The van der Waals surface area contributed by atoms with Crippen LogP contribution in [0.3, 0.4) is 0 Å². The monoisotopic (exact) mass is 155 g/mol. The normalized spacial score (nSPS) is 31.8. The average Bonchev–Trinajstić information content (AvgIpc) is 2.38. The second-order valence-electron chi connectivity index (χ2n) is 2.15. The van der Waals surface area contributed by atoms with Crippen molar-refractivity contribution >= 4 is 12.3 Å². The van der Waals surface area contributed by atoms with Crippen LogP contribution in [0.15, 0.2) is 15.2 Å². The summed E-state index contributed by atoms with van der Waals surface area (Å²) >= 11 is 0. The maximum atomic E-state index is 9.02. The molecule has 2 aliphatic heterocycles. The van der Waals surface area contributed by atoms with Crippen molar-refractivity contribution in [2.75, 3.05) is 6.54 Å². The fourth-order valence-electron chi connectivity index (χ4n) is 0.769. The van der Waals surface area contributed by atoms with Crippen LogP contribution >= 0.6 is 0 Å². The number of guanidine groups is 1. The summed E-state index contributed by atoms with van der Waals surface area (Å²) in [6, 6.07) is 0. The molecule has 7 nitrogen and oxygen atoms in total. The van der Waals surface area contributed by atoms with Crippen molar-refractivity contribution in [3.05, 3.63) is 5.43 Å². The molecule has 1 fully saturated rings. The summed E-state index contributed by atoms with van der Waals surface area (Å²) in [6.07, 6.45) is 1.21. The highest BCUT2D eigenvalue weighted by Crippen LogP contribution is 2.22. The Morgan fingerprint density at radius 1 is 1.64 bits per heavy atom. The van der Waals surface area contributed by atoms with Crippen LogP contribution < -0.4 is 0 Å². The van der Waals surface area contributed by atoms with E-state index in [1.54, 1.807) is 0 Å². The number of aliphatic hydroxyl groups is 2. The van der Waals surface area contributed by atoms with Crippen LogP contribution in [0.4, 0.5) is 0 Å². The van der Waals surface area contributed by atoms with E-state index < -0.39 is 5.91 Å². The Balaban J connectivity index is 2.34. The van der Waals surface area contributed by atoms with E-state index in [9.17, 15) is 0 Å². The summed E-state index contributed by atoms with van der Waals surface area (Å²) in [5.41, 5.74) is 3.63. The van der Waals surface area contributed by atoms with Gasteiger partial charge in [-0.05, 0) is 11.7 Å². The zero-order chi connectivity index (χ0) is 7.90. The van der Waals surface area contributed by atoms with Gasteiger partial charge in [-0.2, -0.15) is 0 Å². The van der Waals surface area contributed by atoms with Crippen molar-refractivity contribution in [2.45, 2.75) is 5.91 Å². The molecule has 0 amide bonds. The van der Waals surface area contributed by atoms with Gasteiger partial charge in [0.1, 0.15) is 0 Å². The molecule has 2 rings (SSSR count). The van der Waals surface area contributed by atoms with E-state index in [1.165, 1.54) is 6.34 Å². The Hall–Kier alpha value is -1.34. The van der Waals surface area contributed by atoms with E-state index in [-0.39, 0.29) is 12.5 Å². The summed E-state index contributed by atoms with van der Waals surface area (Å²) in [6.45, 7) is -0.0540. The van der Waals surface area contributed by atoms with Crippen molar-refractivity contribution in [2.24, 2.45) is 15.2 Å². The predicted octanol–water partition coefficient (Wildman–Crippen LogP) is -1.21. The van der Waals surface area contributed by atoms with Crippen molar-refractivity contribution in [3.63, 3.8) is 0 Å². The maximum Gasteiger partial charge on any atom is 0.445 e. The summed E-state index contributed by atoms with van der Waals surface area (Å²) in [4.78, 5) is 3.62. The van der Waals surface area contributed by atoms with Gasteiger partial charge < -0.3 is 15.6 Å². The Morgan fingerprint density at radius 2 is 2.45 bits per heavy atom. The lowest BCUT2D eigenvalue weighted by molar-refractivity contribution is -0.724. The van der Waals surface area contributed by atoms with E-state index in [1.807, 2.05) is 0 Å². The number of azo groups is 1. The second-order valence-corrected chi connectivity index (χ2v) is 2.15. The largest absolute Gasteiger partial charge is 0.543 e. The van der Waals surface area contributed by atoms with Gasteiger partial charge in [0, 0.05) is 0 Å². The quantitative estimate of drug-likeness (QED) is 0.339. The first kappa shape index (κ1) is 6.38. The lowest BCUT2D eigenvalue weighted by Gasteiger charge is -2.46. The van der Waals surface area contributed by atoms with Crippen LogP contribution in [0.2, 0.25) is 0 Å². The minimum absolute atomic E-state index is 0.0540. The molecule has 0 saturated carbocycles. The molecule has 1 saturated heterocycles. The van der Waals surface area contributed by atoms with Crippen molar-refractivity contribution in [1.82, 2.24) is 0 Å². The van der Waals surface area contributed by atoms with E-state index in [4.69, 9.17) is 10.2 Å². The fourth-order valence-corrected chi connectivity index (χ4v) is 0.769. The summed E-state index contributed by atoms with van der Waals surface area (Å²) < 4.78 is 0.903. The molecule has 0 aromatic carbocycles. The minimum atomic E-state index is -1.93. The third-order valence-corrected chi connectivity index (χ3v) is 1.32. The first-order chi connectivity index (χ1) is 5.20. The van der Waals surface area contributed by atoms with Gasteiger partial charge in [-0.3, -0.25) is 4.68 Å². The topological polar surface area (TPSA) is 94.7 Å². The number of aliphatic imine (C=N–C) groups is 1. The van der Waals surface area contributed by atoms with Gasteiger partial charge in [-0.15, -0.1) is 0 Å². The molecule has 7 heteroatoms. The molecule has 0 spiro atoms. The van der Waals surface area contributed by atoms with Crippen LogP contribution in [-0.2, 0) is 0 Å². The maximum absolute atomic E-state index is 9.02. The molecule has 2 heterocycles. The van der Waals surface area contributed by atoms with Crippen molar-refractivity contribution in [1.29, 1.82) is 0 Å². The van der Waals surface area contributed by atoms with Crippen LogP contribution in [-0.4, -0.2) is 39.7 Å². The number of rotatable bonds is 0. The van der Waals surface area contributed by atoms with E-state index >= 15 is 0 Å². The standard InChI is InChI=1S/C4H5N5O2/c10-4(11)1-7-9(4)3-5-2-6-8-3/h2,10-11H,1H2/b9-3+. The van der Waals surface area contributed by atoms with Gasteiger partial charge in [0.05, 0.1) is 5.11 Å². The van der Waals surface area contributed by atoms with E-state index in [0.717, 1.165) is 4.68 Å². The molecule has 2 aliphatic rings. The van der Waals surface area contributed by atoms with Crippen LogP contribution in [0.1, 0.15) is 0 Å². The lowest BCUT2D eigenvalue weighted by Crippen LogP contribution is -2.54. The highest BCUT2D eigenvalue weighted by atomic mass is 16.5. The van der Waals surface area contributed by atoms with Crippen LogP contribution in [0.25, 0.3) is 5.43 Å². The zero-order valence-electron chi connectivity index (χ0n) is 5.41. The molecule has 58 valence electrons. The summed E-state index contributed by atoms with van der Waals surface area (Å²) in [5.74, 6) is -1.84. The Labute approximate surface area is 61.4 Å². The molecule has 0 radical (unpaired) electrons. The first-order valence-electron chi connectivity index (χ1n) is 2.93. The average molecular weight is 155 g/mol. The number of hydrogen-bond donors (Lipinski definition) is 2. The molecule has 0 atom stereocenters. The molecule has 0 aliphatic carbocycles. The van der Waals surface area contributed by atoms with E-state index in [0.29, 0.717) is 0 Å². The molecular weight excluding hydrogens is 150 g/mol. The number of nitrogens with zero attached hydrogens (tertiary/aromatic N) is 5. The van der Waals surface area contributed by atoms with Crippen LogP contribution in [0.5, 0.6) is 0 Å². The fraction of sp³-hybridized carbons (Fsp3) is 0.500. The first-order valence-corrected chi connectivity index (χ1v) is 2.93. The van der Waals surface area contributed by atoms with Gasteiger partial charge in [0.25, 0.3) is 5.91 Å². The smallest absolute Gasteiger partial charge is 0.445 e. The molecule has 11 heavy (non-hydrogen) atoms. The van der Waals surface area contributed by atoms with Gasteiger partial charge in [-0.1, -0.05) is 4.99 Å². The third kappa shape index (κ3) is 0.819. The zero-order valence-corrected chi connectivity index (χ0v) is 5.41. The summed E-state index contributed by atoms with van der Waals surface area (Å²) in [7, 11) is 0. The number of hydrogen-bond acceptors (Lipinski definition) is 3. The molecule has 0 unspecified atom stereocenters. The van der Waals surface area contributed by atoms with Gasteiger partial charge >= 0.3 is 5.96 Å². The molecule has 0 aromatic rings.